The molecule has 8 heteroatoms. The Morgan fingerprint density at radius 2 is 2.08 bits per heavy atom. The number of amides is 1. The van der Waals surface area contributed by atoms with Crippen LogP contribution in [0.3, 0.4) is 0 Å². The molecular formula is C18H15ClN2O3S2. The van der Waals surface area contributed by atoms with E-state index in [1.807, 2.05) is 12.1 Å². The molecule has 0 aliphatic rings. The molecule has 3 rings (SSSR count). The number of nitrogens with one attached hydrogen (secondary N) is 1. The highest BCUT2D eigenvalue weighted by Gasteiger charge is 2.12. The number of rotatable bonds is 6. The van der Waals surface area contributed by atoms with Crippen molar-refractivity contribution in [2.75, 3.05) is 17.7 Å². The van der Waals surface area contributed by atoms with Crippen LogP contribution in [0.2, 0.25) is 5.02 Å². The van der Waals surface area contributed by atoms with Crippen molar-refractivity contribution in [1.29, 1.82) is 0 Å². The van der Waals surface area contributed by atoms with Crippen molar-refractivity contribution in [1.82, 2.24) is 4.98 Å². The first kappa shape index (κ1) is 18.7. The monoisotopic (exact) mass is 406 g/mol. The summed E-state index contributed by atoms with van der Waals surface area (Å²) < 4.78 is 6.62. The summed E-state index contributed by atoms with van der Waals surface area (Å²) in [5.41, 5.74) is 1.90. The van der Waals surface area contributed by atoms with E-state index in [0.29, 0.717) is 22.9 Å². The fraction of sp³-hybridized carbons (Fsp3) is 0.167. The minimum atomic E-state index is -0.267. The van der Waals surface area contributed by atoms with Gasteiger partial charge in [-0.3, -0.25) is 9.59 Å². The molecule has 0 aliphatic heterocycles. The molecule has 0 saturated carbocycles. The van der Waals surface area contributed by atoms with E-state index in [2.05, 4.69) is 10.3 Å². The molecule has 0 aliphatic carbocycles. The minimum absolute atomic E-state index is 0.226. The summed E-state index contributed by atoms with van der Waals surface area (Å²) in [5, 5.41) is 3.25. The molecule has 0 atom stereocenters. The van der Waals surface area contributed by atoms with Gasteiger partial charge in [0.2, 0.25) is 0 Å². The Hall–Kier alpha value is -2.09. The van der Waals surface area contributed by atoms with E-state index < -0.39 is 0 Å². The molecule has 2 aromatic carbocycles. The second kappa shape index (κ2) is 8.53. The van der Waals surface area contributed by atoms with Gasteiger partial charge in [0.15, 0.2) is 4.34 Å². The van der Waals surface area contributed by atoms with Crippen LogP contribution in [0, 0.1) is 0 Å². The van der Waals surface area contributed by atoms with Gasteiger partial charge in [0.05, 0.1) is 33.2 Å². The van der Waals surface area contributed by atoms with E-state index in [1.165, 1.54) is 23.1 Å². The Morgan fingerprint density at radius 3 is 2.85 bits per heavy atom. The van der Waals surface area contributed by atoms with E-state index in [1.54, 1.807) is 37.3 Å². The van der Waals surface area contributed by atoms with Crippen molar-refractivity contribution in [3.05, 3.63) is 53.1 Å². The van der Waals surface area contributed by atoms with Crippen molar-refractivity contribution < 1.29 is 14.3 Å². The van der Waals surface area contributed by atoms with Crippen molar-refractivity contribution in [3.63, 3.8) is 0 Å². The number of thioether (sulfide) groups is 1. The van der Waals surface area contributed by atoms with E-state index in [4.69, 9.17) is 16.3 Å². The topological polar surface area (TPSA) is 68.3 Å². The highest BCUT2D eigenvalue weighted by Crippen LogP contribution is 2.31. The van der Waals surface area contributed by atoms with Gasteiger partial charge in [-0.25, -0.2) is 4.98 Å². The van der Waals surface area contributed by atoms with Crippen LogP contribution in [-0.4, -0.2) is 29.2 Å². The van der Waals surface area contributed by atoms with Gasteiger partial charge in [-0.15, -0.1) is 11.3 Å². The fourth-order valence-electron chi connectivity index (χ4n) is 2.21. The van der Waals surface area contributed by atoms with Gasteiger partial charge in [-0.1, -0.05) is 35.5 Å². The number of anilines is 1. The maximum Gasteiger partial charge on any atom is 0.316 e. The average molecular weight is 407 g/mol. The first-order chi connectivity index (χ1) is 12.6. The lowest BCUT2D eigenvalue weighted by Crippen LogP contribution is -2.12. The smallest absolute Gasteiger partial charge is 0.316 e. The van der Waals surface area contributed by atoms with Crippen LogP contribution in [0.4, 0.5) is 5.69 Å². The zero-order chi connectivity index (χ0) is 18.5. The molecule has 1 aromatic heterocycles. The summed E-state index contributed by atoms with van der Waals surface area (Å²) >= 11 is 8.86. The summed E-state index contributed by atoms with van der Waals surface area (Å²) in [6.07, 6.45) is 0. The van der Waals surface area contributed by atoms with Crippen LogP contribution in [0.5, 0.6) is 0 Å². The SMILES string of the molecule is CCOC(=O)CSc1nc2ccc(NC(=O)c3ccccc3Cl)cc2s1. The van der Waals surface area contributed by atoms with Crippen molar-refractivity contribution in [2.24, 2.45) is 0 Å². The predicted octanol–water partition coefficient (Wildman–Crippen LogP) is 4.86. The maximum atomic E-state index is 12.4. The number of fused-ring (bicyclic) bond motifs is 1. The number of hydrogen-bond acceptors (Lipinski definition) is 6. The number of carbonyl (C=O) groups is 2. The van der Waals surface area contributed by atoms with E-state index in [9.17, 15) is 9.59 Å². The standard InChI is InChI=1S/C18H15ClN2O3S2/c1-2-24-16(22)10-25-18-21-14-8-7-11(9-15(14)26-18)20-17(23)12-5-3-4-6-13(12)19/h3-9H,2,10H2,1H3,(H,20,23). The van der Waals surface area contributed by atoms with Gasteiger partial charge in [0.1, 0.15) is 0 Å². The largest absolute Gasteiger partial charge is 0.465 e. The molecule has 134 valence electrons. The molecular weight excluding hydrogens is 392 g/mol. The predicted molar refractivity (Wildman–Crippen MR) is 106 cm³/mol. The lowest BCUT2D eigenvalue weighted by molar-refractivity contribution is -0.139. The van der Waals surface area contributed by atoms with Gasteiger partial charge in [-0.2, -0.15) is 0 Å². The second-order valence-electron chi connectivity index (χ2n) is 5.19. The lowest BCUT2D eigenvalue weighted by Gasteiger charge is -2.06. The molecule has 0 saturated heterocycles. The van der Waals surface area contributed by atoms with E-state index in [0.717, 1.165) is 14.6 Å². The number of halogens is 1. The van der Waals surface area contributed by atoms with E-state index in [-0.39, 0.29) is 17.6 Å². The van der Waals surface area contributed by atoms with Crippen LogP contribution in [0.1, 0.15) is 17.3 Å². The van der Waals surface area contributed by atoms with Crippen LogP contribution in [0.25, 0.3) is 10.2 Å². The number of benzene rings is 2. The molecule has 1 N–H and O–H groups in total. The Labute approximate surface area is 163 Å². The Kier molecular flexibility index (Phi) is 6.13. The summed E-state index contributed by atoms with van der Waals surface area (Å²) in [6, 6.07) is 12.4. The minimum Gasteiger partial charge on any atom is -0.465 e. The second-order valence-corrected chi connectivity index (χ2v) is 7.85. The third-order valence-electron chi connectivity index (χ3n) is 3.36. The van der Waals surface area contributed by atoms with Crippen molar-refractivity contribution in [3.8, 4) is 0 Å². The highest BCUT2D eigenvalue weighted by atomic mass is 35.5. The van der Waals surface area contributed by atoms with Gasteiger partial charge in [-0.05, 0) is 37.3 Å². The van der Waals surface area contributed by atoms with Crippen molar-refractivity contribution >= 4 is 62.5 Å². The number of carbonyl (C=O) groups excluding carboxylic acids is 2. The van der Waals surface area contributed by atoms with Gasteiger partial charge < -0.3 is 10.1 Å². The third kappa shape index (κ3) is 4.55. The molecule has 0 fully saturated rings. The van der Waals surface area contributed by atoms with Crippen LogP contribution < -0.4 is 5.32 Å². The zero-order valence-electron chi connectivity index (χ0n) is 13.8. The van der Waals surface area contributed by atoms with Crippen LogP contribution in [-0.2, 0) is 9.53 Å². The molecule has 0 bridgehead atoms. The van der Waals surface area contributed by atoms with Gasteiger partial charge in [0, 0.05) is 5.69 Å². The molecule has 26 heavy (non-hydrogen) atoms. The Bertz CT molecular complexity index is 959. The number of aromatic nitrogens is 1. The molecule has 0 radical (unpaired) electrons. The molecule has 5 nitrogen and oxygen atoms in total. The Balaban J connectivity index is 1.72. The summed E-state index contributed by atoms with van der Waals surface area (Å²) in [5.74, 6) is -0.301. The Morgan fingerprint density at radius 1 is 1.27 bits per heavy atom. The summed E-state index contributed by atoms with van der Waals surface area (Å²) in [6.45, 7) is 2.15. The molecule has 3 aromatic rings. The highest BCUT2D eigenvalue weighted by molar-refractivity contribution is 8.01. The number of hydrogen-bond donors (Lipinski definition) is 1. The number of nitrogens with zero attached hydrogens (tertiary/aromatic N) is 1. The number of esters is 1. The zero-order valence-corrected chi connectivity index (χ0v) is 16.2. The van der Waals surface area contributed by atoms with E-state index >= 15 is 0 Å². The quantitative estimate of drug-likeness (QED) is 0.467. The number of ether oxygens (including phenoxy) is 1. The van der Waals surface area contributed by atoms with Gasteiger partial charge >= 0.3 is 5.97 Å². The molecule has 0 unspecified atom stereocenters. The molecule has 0 spiro atoms. The average Bonchev–Trinajstić information content (AvgIpc) is 3.03. The van der Waals surface area contributed by atoms with Crippen molar-refractivity contribution in [2.45, 2.75) is 11.3 Å². The maximum absolute atomic E-state index is 12.4. The first-order valence-electron chi connectivity index (χ1n) is 7.81. The summed E-state index contributed by atoms with van der Waals surface area (Å²) in [7, 11) is 0. The molecule has 1 amide bonds. The van der Waals surface area contributed by atoms with Crippen LogP contribution in [0.15, 0.2) is 46.8 Å². The normalized spacial score (nSPS) is 10.7. The third-order valence-corrected chi connectivity index (χ3v) is 5.83. The molecule has 1 heterocycles. The number of thiazole rings is 1. The van der Waals surface area contributed by atoms with Gasteiger partial charge in [0.25, 0.3) is 5.91 Å². The first-order valence-corrected chi connectivity index (χ1v) is 9.99. The fourth-order valence-corrected chi connectivity index (χ4v) is 4.34. The van der Waals surface area contributed by atoms with Crippen LogP contribution >= 0.6 is 34.7 Å². The lowest BCUT2D eigenvalue weighted by atomic mass is 10.2. The summed E-state index contributed by atoms with van der Waals surface area (Å²) in [4.78, 5) is 28.3.